The number of halogens is 1. The Kier molecular flexibility index (Phi) is 3.78. The first-order valence-electron chi connectivity index (χ1n) is 6.00. The van der Waals surface area contributed by atoms with Crippen LogP contribution in [0.25, 0.3) is 0 Å². The van der Waals surface area contributed by atoms with Gasteiger partial charge in [-0.3, -0.25) is 4.90 Å². The second-order valence-electron chi connectivity index (χ2n) is 4.51. The zero-order valence-corrected chi connectivity index (χ0v) is 10.8. The van der Waals surface area contributed by atoms with Crippen molar-refractivity contribution in [1.29, 1.82) is 0 Å². The normalized spacial score (nSPS) is 23.5. The van der Waals surface area contributed by atoms with Crippen LogP contribution in [-0.2, 0) is 0 Å². The number of benzene rings is 1. The number of rotatable bonds is 4. The number of aliphatic hydroxyl groups excluding tert-OH is 1. The number of carboxylic acid groups (broad SMARTS) is 1. The van der Waals surface area contributed by atoms with Crippen molar-refractivity contribution in [3.05, 3.63) is 34.9 Å². The Bertz CT molecular complexity index is 452. The molecule has 1 aliphatic carbocycles. The molecule has 1 aromatic rings. The number of amides is 1. The van der Waals surface area contributed by atoms with E-state index in [9.17, 15) is 9.90 Å². The Balaban J connectivity index is 2.14. The zero-order valence-electron chi connectivity index (χ0n) is 10.1. The van der Waals surface area contributed by atoms with Crippen LogP contribution >= 0.6 is 11.6 Å². The van der Waals surface area contributed by atoms with Gasteiger partial charge in [-0.05, 0) is 24.5 Å². The zero-order chi connectivity index (χ0) is 13.3. The molecule has 4 nitrogen and oxygen atoms in total. The summed E-state index contributed by atoms with van der Waals surface area (Å²) < 4.78 is 0. The topological polar surface area (TPSA) is 60.8 Å². The molecule has 2 N–H and O–H groups in total. The van der Waals surface area contributed by atoms with Gasteiger partial charge in [-0.25, -0.2) is 4.79 Å². The third-order valence-corrected chi connectivity index (χ3v) is 3.67. The van der Waals surface area contributed by atoms with Crippen LogP contribution in [-0.4, -0.2) is 33.5 Å². The molecule has 1 aromatic carbocycles. The van der Waals surface area contributed by atoms with E-state index in [1.54, 1.807) is 13.0 Å². The molecular formula is C13H16ClNO3. The summed E-state index contributed by atoms with van der Waals surface area (Å²) in [6, 6.07) is 7.27. The van der Waals surface area contributed by atoms with Crippen molar-refractivity contribution >= 4 is 17.7 Å². The highest BCUT2D eigenvalue weighted by Crippen LogP contribution is 2.47. The highest BCUT2D eigenvalue weighted by atomic mass is 35.5. The summed E-state index contributed by atoms with van der Waals surface area (Å²) in [6.07, 6.45) is -0.922. The molecule has 1 aliphatic rings. The van der Waals surface area contributed by atoms with Crippen molar-refractivity contribution in [2.45, 2.75) is 38.0 Å². The predicted molar refractivity (Wildman–Crippen MR) is 68.8 cm³/mol. The van der Waals surface area contributed by atoms with Gasteiger partial charge in [-0.1, -0.05) is 36.7 Å². The summed E-state index contributed by atoms with van der Waals surface area (Å²) in [5.74, 6) is 0.0935. The van der Waals surface area contributed by atoms with Crippen LogP contribution in [0.15, 0.2) is 24.3 Å². The Morgan fingerprint density at radius 3 is 2.78 bits per heavy atom. The fourth-order valence-electron chi connectivity index (χ4n) is 2.29. The van der Waals surface area contributed by atoms with Gasteiger partial charge in [0.2, 0.25) is 0 Å². The molecule has 98 valence electrons. The van der Waals surface area contributed by atoms with E-state index < -0.39 is 12.3 Å². The van der Waals surface area contributed by atoms with E-state index in [4.69, 9.17) is 16.7 Å². The van der Waals surface area contributed by atoms with E-state index in [1.165, 1.54) is 0 Å². The van der Waals surface area contributed by atoms with Gasteiger partial charge in [0.1, 0.15) is 6.23 Å². The van der Waals surface area contributed by atoms with Gasteiger partial charge in [0.05, 0.1) is 0 Å². The Morgan fingerprint density at radius 1 is 1.56 bits per heavy atom. The summed E-state index contributed by atoms with van der Waals surface area (Å²) in [7, 11) is 0. The van der Waals surface area contributed by atoms with Crippen LogP contribution < -0.4 is 0 Å². The standard InChI is InChI=1S/C13H16ClNO3/c1-2-12(16)15(13(17)18)11-7-9(11)8-5-3-4-6-10(8)14/h3-6,9,11-12,16H,2,7H2,1H3,(H,17,18)/t9-,11+,12?/m1/s1. The van der Waals surface area contributed by atoms with E-state index >= 15 is 0 Å². The number of hydrogen-bond donors (Lipinski definition) is 2. The molecule has 0 radical (unpaired) electrons. The summed E-state index contributed by atoms with van der Waals surface area (Å²) in [5, 5.41) is 19.6. The summed E-state index contributed by atoms with van der Waals surface area (Å²) in [6.45, 7) is 1.76. The largest absolute Gasteiger partial charge is 0.465 e. The minimum atomic E-state index is -1.08. The first-order valence-corrected chi connectivity index (χ1v) is 6.37. The molecule has 18 heavy (non-hydrogen) atoms. The van der Waals surface area contributed by atoms with Gasteiger partial charge < -0.3 is 10.2 Å². The van der Waals surface area contributed by atoms with E-state index in [0.717, 1.165) is 10.5 Å². The smallest absolute Gasteiger partial charge is 0.409 e. The van der Waals surface area contributed by atoms with Gasteiger partial charge in [0.15, 0.2) is 0 Å². The van der Waals surface area contributed by atoms with Crippen molar-refractivity contribution < 1.29 is 15.0 Å². The molecule has 2 rings (SSSR count). The minimum absolute atomic E-state index is 0.0935. The molecule has 1 saturated carbocycles. The lowest BCUT2D eigenvalue weighted by molar-refractivity contribution is 0.00426. The molecule has 1 amide bonds. The lowest BCUT2D eigenvalue weighted by Crippen LogP contribution is -2.41. The quantitative estimate of drug-likeness (QED) is 0.826. The Labute approximate surface area is 111 Å². The third kappa shape index (κ3) is 2.44. The van der Waals surface area contributed by atoms with E-state index in [-0.39, 0.29) is 12.0 Å². The first kappa shape index (κ1) is 13.2. The Hall–Kier alpha value is -1.26. The molecule has 0 saturated heterocycles. The van der Waals surface area contributed by atoms with Crippen molar-refractivity contribution in [3.63, 3.8) is 0 Å². The fourth-order valence-corrected chi connectivity index (χ4v) is 2.56. The number of aliphatic hydroxyl groups is 1. The summed E-state index contributed by atoms with van der Waals surface area (Å²) in [5.41, 5.74) is 0.957. The fraction of sp³-hybridized carbons (Fsp3) is 0.462. The lowest BCUT2D eigenvalue weighted by Gasteiger charge is -2.24. The molecule has 0 aromatic heterocycles. The van der Waals surface area contributed by atoms with E-state index in [2.05, 4.69) is 0 Å². The van der Waals surface area contributed by atoms with Gasteiger partial charge in [-0.15, -0.1) is 0 Å². The predicted octanol–water partition coefficient (Wildman–Crippen LogP) is 2.90. The van der Waals surface area contributed by atoms with Crippen LogP contribution in [0, 0.1) is 0 Å². The number of nitrogens with zero attached hydrogens (tertiary/aromatic N) is 1. The molecule has 1 unspecified atom stereocenters. The van der Waals surface area contributed by atoms with Crippen molar-refractivity contribution in [3.8, 4) is 0 Å². The van der Waals surface area contributed by atoms with E-state index in [0.29, 0.717) is 17.9 Å². The molecule has 0 spiro atoms. The number of carbonyl (C=O) groups is 1. The van der Waals surface area contributed by atoms with Crippen LogP contribution in [0.2, 0.25) is 5.02 Å². The maximum Gasteiger partial charge on any atom is 0.409 e. The van der Waals surface area contributed by atoms with Gasteiger partial charge >= 0.3 is 6.09 Å². The molecular weight excluding hydrogens is 254 g/mol. The van der Waals surface area contributed by atoms with Gasteiger partial charge in [-0.2, -0.15) is 0 Å². The molecule has 0 aliphatic heterocycles. The van der Waals surface area contributed by atoms with Crippen LogP contribution in [0.1, 0.15) is 31.2 Å². The lowest BCUT2D eigenvalue weighted by atomic mass is 10.1. The number of hydrogen-bond acceptors (Lipinski definition) is 2. The summed E-state index contributed by atoms with van der Waals surface area (Å²) in [4.78, 5) is 12.3. The molecule has 0 bridgehead atoms. The molecule has 1 fully saturated rings. The molecule has 3 atom stereocenters. The van der Waals surface area contributed by atoms with Crippen molar-refractivity contribution in [2.24, 2.45) is 0 Å². The average molecular weight is 270 g/mol. The monoisotopic (exact) mass is 269 g/mol. The SMILES string of the molecule is CCC(O)N(C(=O)O)[C@H]1C[C@@H]1c1ccccc1Cl. The van der Waals surface area contributed by atoms with E-state index in [1.807, 2.05) is 18.2 Å². The highest BCUT2D eigenvalue weighted by Gasteiger charge is 2.47. The minimum Gasteiger partial charge on any atom is -0.465 e. The maximum atomic E-state index is 11.2. The third-order valence-electron chi connectivity index (χ3n) is 3.33. The summed E-state index contributed by atoms with van der Waals surface area (Å²) >= 11 is 6.09. The average Bonchev–Trinajstić information content (AvgIpc) is 3.09. The van der Waals surface area contributed by atoms with Crippen LogP contribution in [0.5, 0.6) is 0 Å². The second-order valence-corrected chi connectivity index (χ2v) is 4.92. The van der Waals surface area contributed by atoms with Crippen molar-refractivity contribution in [1.82, 2.24) is 4.90 Å². The second kappa shape index (κ2) is 5.16. The molecule has 5 heteroatoms. The van der Waals surface area contributed by atoms with Crippen LogP contribution in [0.3, 0.4) is 0 Å². The van der Waals surface area contributed by atoms with Crippen molar-refractivity contribution in [2.75, 3.05) is 0 Å². The van der Waals surface area contributed by atoms with Crippen LogP contribution in [0.4, 0.5) is 4.79 Å². The maximum absolute atomic E-state index is 11.2. The highest BCUT2D eigenvalue weighted by molar-refractivity contribution is 6.31. The van der Waals surface area contributed by atoms with Gasteiger partial charge in [0.25, 0.3) is 0 Å². The van der Waals surface area contributed by atoms with Gasteiger partial charge in [0, 0.05) is 17.0 Å². The molecule has 0 heterocycles. The Morgan fingerprint density at radius 2 is 2.22 bits per heavy atom. The first-order chi connectivity index (χ1) is 8.56.